The average molecular weight is 412 g/mol. The molecule has 0 bridgehead atoms. The maximum Gasteiger partial charge on any atom is 0.307 e. The molecule has 0 aliphatic rings. The molecule has 1 rings (SSSR count). The Balaban J connectivity index is 0.00000729. The number of unbranched alkanes of at least 4 members (excludes halogenated alkanes) is 14. The Morgan fingerprint density at radius 2 is 1.25 bits per heavy atom. The molecule has 3 nitrogen and oxygen atoms in total. The Labute approximate surface area is 180 Å². The molecule has 0 saturated carbocycles. The summed E-state index contributed by atoms with van der Waals surface area (Å²) in [5, 5.41) is 2.98. The van der Waals surface area contributed by atoms with Crippen LogP contribution in [-0.4, -0.2) is 5.91 Å². The molecule has 0 saturated heterocycles. The molecule has 0 spiro atoms. The lowest BCUT2D eigenvalue weighted by atomic mass is 10.0. The van der Waals surface area contributed by atoms with Gasteiger partial charge in [0.1, 0.15) is 0 Å². The number of rotatable bonds is 17. The van der Waals surface area contributed by atoms with E-state index in [1.807, 2.05) is 36.0 Å². The Morgan fingerprint density at radius 3 is 1.71 bits per heavy atom. The summed E-state index contributed by atoms with van der Waals surface area (Å²) in [6.07, 6.45) is 22.9. The number of halogens is 1. The minimum absolute atomic E-state index is 0. The zero-order chi connectivity index (χ0) is 19.6. The van der Waals surface area contributed by atoms with E-state index in [0.29, 0.717) is 6.42 Å². The van der Waals surface area contributed by atoms with Gasteiger partial charge in [-0.2, -0.15) is 0 Å². The summed E-state index contributed by atoms with van der Waals surface area (Å²) in [4.78, 5) is 12.0. The molecule has 1 aromatic rings. The maximum atomic E-state index is 12.0. The summed E-state index contributed by atoms with van der Waals surface area (Å²) in [6, 6.07) is 5.85. The molecule has 1 heterocycles. The molecule has 0 aliphatic heterocycles. The average Bonchev–Trinajstić information content (AvgIpc) is 2.66. The molecule has 162 valence electrons. The van der Waals surface area contributed by atoms with E-state index in [9.17, 15) is 4.79 Å². The molecule has 1 N–H and O–H groups in total. The third-order valence-electron chi connectivity index (χ3n) is 5.33. The Morgan fingerprint density at radius 1 is 0.786 bits per heavy atom. The van der Waals surface area contributed by atoms with Crippen LogP contribution in [0.2, 0.25) is 0 Å². The number of nitrogens with zero attached hydrogens (tertiary/aromatic N) is 1. The zero-order valence-corrected chi connectivity index (χ0v) is 19.2. The smallest absolute Gasteiger partial charge is 0.247 e. The van der Waals surface area contributed by atoms with E-state index in [2.05, 4.69) is 12.2 Å². The zero-order valence-electron chi connectivity index (χ0n) is 18.4. The van der Waals surface area contributed by atoms with Crippen LogP contribution in [0.1, 0.15) is 110 Å². The molecule has 0 radical (unpaired) electrons. The van der Waals surface area contributed by atoms with E-state index in [1.54, 1.807) is 0 Å². The highest BCUT2D eigenvalue weighted by Crippen LogP contribution is 2.13. The Bertz CT molecular complexity index is 493. The van der Waals surface area contributed by atoms with Crippen molar-refractivity contribution < 1.29 is 9.36 Å². The van der Waals surface area contributed by atoms with Gasteiger partial charge in [0.25, 0.3) is 5.82 Å². The van der Waals surface area contributed by atoms with Crippen LogP contribution in [0.15, 0.2) is 24.4 Å². The van der Waals surface area contributed by atoms with Gasteiger partial charge in [-0.25, -0.2) is 14.7 Å². The number of aromatic nitrogens is 1. The summed E-state index contributed by atoms with van der Waals surface area (Å²) in [5.74, 6) is 0.995. The molecule has 0 fully saturated rings. The van der Waals surface area contributed by atoms with Crippen LogP contribution in [0, 0.1) is 0 Å². The van der Waals surface area contributed by atoms with Crippen LogP contribution in [0.25, 0.3) is 0 Å². The minimum atomic E-state index is 0. The van der Waals surface area contributed by atoms with Crippen molar-refractivity contribution in [3.8, 4) is 0 Å². The van der Waals surface area contributed by atoms with Gasteiger partial charge in [0, 0.05) is 12.5 Å². The van der Waals surface area contributed by atoms with Crippen molar-refractivity contribution in [2.24, 2.45) is 7.05 Å². The van der Waals surface area contributed by atoms with Gasteiger partial charge in [-0.3, -0.25) is 0 Å². The number of nitrogens with one attached hydrogen (secondary N) is 1. The lowest BCUT2D eigenvalue weighted by Crippen LogP contribution is -2.33. The molecule has 0 aromatic carbocycles. The summed E-state index contributed by atoms with van der Waals surface area (Å²) in [5.41, 5.74) is 0. The Kier molecular flexibility index (Phi) is 18.5. The van der Waals surface area contributed by atoms with Crippen LogP contribution in [0.5, 0.6) is 0 Å². The summed E-state index contributed by atoms with van der Waals surface area (Å²) in [6.45, 7) is 2.28. The normalized spacial score (nSPS) is 10.5. The van der Waals surface area contributed by atoms with Crippen LogP contribution in [0.3, 0.4) is 0 Å². The SMILES string of the molecule is CCCCCCCCCCCCCCCCCC(=O)Nc1cccc[n+]1C.Cl. The summed E-state index contributed by atoms with van der Waals surface area (Å²) in [7, 11) is 1.95. The molecule has 0 aliphatic carbocycles. The first-order valence-electron chi connectivity index (χ1n) is 11.5. The number of aryl methyl sites for hydroxylation is 1. The number of amides is 1. The topological polar surface area (TPSA) is 33.0 Å². The Hall–Kier alpha value is -1.09. The number of hydrogen-bond donors (Lipinski definition) is 1. The second kappa shape index (κ2) is 19.2. The minimum Gasteiger partial charge on any atom is -0.247 e. The van der Waals surface area contributed by atoms with Crippen molar-refractivity contribution in [1.82, 2.24) is 0 Å². The first kappa shape index (κ1) is 26.9. The highest BCUT2D eigenvalue weighted by atomic mass is 35.5. The van der Waals surface area contributed by atoms with Gasteiger partial charge in [0.2, 0.25) is 0 Å². The number of pyridine rings is 1. The fourth-order valence-electron chi connectivity index (χ4n) is 3.52. The van der Waals surface area contributed by atoms with Gasteiger partial charge in [0.05, 0.1) is 13.2 Å². The first-order valence-corrected chi connectivity index (χ1v) is 11.5. The molecule has 0 unspecified atom stereocenters. The fourth-order valence-corrected chi connectivity index (χ4v) is 3.52. The van der Waals surface area contributed by atoms with E-state index in [4.69, 9.17) is 0 Å². The van der Waals surface area contributed by atoms with Crippen LogP contribution >= 0.6 is 12.4 Å². The number of carbonyl (C=O) groups excluding carboxylic acids is 1. The van der Waals surface area contributed by atoms with Gasteiger partial charge in [-0.15, -0.1) is 12.4 Å². The second-order valence-electron chi connectivity index (χ2n) is 7.94. The lowest BCUT2D eigenvalue weighted by molar-refractivity contribution is -0.657. The van der Waals surface area contributed by atoms with Crippen molar-refractivity contribution in [3.63, 3.8) is 0 Å². The first-order chi connectivity index (χ1) is 13.2. The van der Waals surface area contributed by atoms with Crippen LogP contribution < -0.4 is 9.88 Å². The molecule has 28 heavy (non-hydrogen) atoms. The van der Waals surface area contributed by atoms with E-state index >= 15 is 0 Å². The molecule has 1 amide bonds. The highest BCUT2D eigenvalue weighted by Gasteiger charge is 2.10. The summed E-state index contributed by atoms with van der Waals surface area (Å²) >= 11 is 0. The van der Waals surface area contributed by atoms with Crippen LogP contribution in [-0.2, 0) is 11.8 Å². The number of anilines is 1. The number of carbonyl (C=O) groups is 1. The van der Waals surface area contributed by atoms with Gasteiger partial charge in [0.15, 0.2) is 0 Å². The quantitative estimate of drug-likeness (QED) is 0.214. The molecular formula is C24H44ClN2O+. The highest BCUT2D eigenvalue weighted by molar-refractivity contribution is 5.88. The largest absolute Gasteiger partial charge is 0.307 e. The molecular weight excluding hydrogens is 368 g/mol. The molecule has 0 atom stereocenters. The van der Waals surface area contributed by atoms with E-state index < -0.39 is 0 Å². The maximum absolute atomic E-state index is 12.0. The molecule has 1 aromatic heterocycles. The van der Waals surface area contributed by atoms with Crippen molar-refractivity contribution >= 4 is 24.1 Å². The third-order valence-corrected chi connectivity index (χ3v) is 5.33. The lowest BCUT2D eigenvalue weighted by Gasteiger charge is -2.03. The van der Waals surface area contributed by atoms with E-state index in [1.165, 1.54) is 89.9 Å². The second-order valence-corrected chi connectivity index (χ2v) is 7.94. The van der Waals surface area contributed by atoms with Gasteiger partial charge >= 0.3 is 5.91 Å². The van der Waals surface area contributed by atoms with Crippen LogP contribution in [0.4, 0.5) is 5.82 Å². The number of hydrogen-bond acceptors (Lipinski definition) is 1. The van der Waals surface area contributed by atoms with Gasteiger partial charge < -0.3 is 0 Å². The van der Waals surface area contributed by atoms with Crippen molar-refractivity contribution in [2.45, 2.75) is 110 Å². The van der Waals surface area contributed by atoms with E-state index in [0.717, 1.165) is 12.2 Å². The van der Waals surface area contributed by atoms with E-state index in [-0.39, 0.29) is 18.3 Å². The monoisotopic (exact) mass is 411 g/mol. The van der Waals surface area contributed by atoms with Crippen molar-refractivity contribution in [1.29, 1.82) is 0 Å². The standard InChI is InChI=1S/C24H42N2O.ClH/c1-3-4-5-6-7-8-9-10-11-12-13-14-15-16-17-21-24(27)25-23-20-18-19-22-26(23)2;/h18-20,22H,3-17,21H2,1-2H3;1H/p+1. The van der Waals surface area contributed by atoms with Gasteiger partial charge in [-0.05, 0) is 12.5 Å². The predicted octanol–water partition coefficient (Wildman–Crippen LogP) is 7.13. The molecule has 4 heteroatoms. The van der Waals surface area contributed by atoms with Gasteiger partial charge in [-0.1, -0.05) is 103 Å². The third kappa shape index (κ3) is 14.9. The predicted molar refractivity (Wildman–Crippen MR) is 123 cm³/mol. The fraction of sp³-hybridized carbons (Fsp3) is 0.750. The summed E-state index contributed by atoms with van der Waals surface area (Å²) < 4.78 is 1.93. The van der Waals surface area contributed by atoms with Crippen molar-refractivity contribution in [3.05, 3.63) is 24.4 Å². The van der Waals surface area contributed by atoms with Crippen molar-refractivity contribution in [2.75, 3.05) is 5.32 Å².